The molecule has 8 nitrogen and oxygen atoms in total. The van der Waals surface area contributed by atoms with Crippen molar-refractivity contribution in [2.24, 2.45) is 0 Å². The Morgan fingerprint density at radius 3 is 2.68 bits per heavy atom. The third kappa shape index (κ3) is 5.66. The van der Waals surface area contributed by atoms with E-state index in [4.69, 9.17) is 15.8 Å². The third-order valence-corrected chi connectivity index (χ3v) is 6.48. The van der Waals surface area contributed by atoms with Crippen molar-refractivity contribution in [3.63, 3.8) is 0 Å². The first-order chi connectivity index (χ1) is 15.1. The number of hydrogen-bond acceptors (Lipinski definition) is 8. The Morgan fingerprint density at radius 1 is 1.13 bits per heavy atom. The number of unbranched alkanes of at least 4 members (excludes halogenated alkanes) is 1. The third-order valence-electron chi connectivity index (χ3n) is 5.55. The molecular formula is C22H30N6O2S. The minimum Gasteiger partial charge on any atom is -0.396 e. The number of nitrogens with two attached hydrogens (primary N) is 1. The first kappa shape index (κ1) is 21.9. The van der Waals surface area contributed by atoms with Crippen molar-refractivity contribution in [1.29, 1.82) is 0 Å². The van der Waals surface area contributed by atoms with Gasteiger partial charge >= 0.3 is 0 Å². The summed E-state index contributed by atoms with van der Waals surface area (Å²) < 4.78 is 0. The second-order valence-corrected chi connectivity index (χ2v) is 9.14. The van der Waals surface area contributed by atoms with Crippen LogP contribution in [0.5, 0.6) is 0 Å². The Labute approximate surface area is 187 Å². The van der Waals surface area contributed by atoms with E-state index in [9.17, 15) is 4.79 Å². The molecule has 0 unspecified atom stereocenters. The van der Waals surface area contributed by atoms with Gasteiger partial charge in [0, 0.05) is 25.4 Å². The second kappa shape index (κ2) is 10.3. The van der Waals surface area contributed by atoms with E-state index in [0.29, 0.717) is 23.2 Å². The summed E-state index contributed by atoms with van der Waals surface area (Å²) in [6.45, 7) is 4.30. The van der Waals surface area contributed by atoms with Crippen LogP contribution in [0.1, 0.15) is 36.8 Å². The molecular weight excluding hydrogens is 412 g/mol. The normalized spacial score (nSPS) is 16.4. The van der Waals surface area contributed by atoms with Crippen molar-refractivity contribution in [2.75, 3.05) is 47.9 Å². The van der Waals surface area contributed by atoms with Crippen molar-refractivity contribution in [3.8, 4) is 0 Å². The van der Waals surface area contributed by atoms with E-state index < -0.39 is 0 Å². The number of aliphatic hydroxyl groups excluding tert-OH is 1. The molecule has 2 aliphatic rings. The zero-order valence-electron chi connectivity index (χ0n) is 17.7. The van der Waals surface area contributed by atoms with E-state index in [1.807, 2.05) is 4.90 Å². The average Bonchev–Trinajstić information content (AvgIpc) is 3.25. The predicted molar refractivity (Wildman–Crippen MR) is 124 cm³/mol. The summed E-state index contributed by atoms with van der Waals surface area (Å²) in [6, 6.07) is 8.57. The number of fused-ring (bicyclic) bond motifs is 1. The summed E-state index contributed by atoms with van der Waals surface area (Å²) in [7, 11) is 0. The fraction of sp³-hybridized carbons (Fsp3) is 0.500. The van der Waals surface area contributed by atoms with Gasteiger partial charge in [0.15, 0.2) is 16.8 Å². The van der Waals surface area contributed by atoms with Crippen LogP contribution in [-0.2, 0) is 17.9 Å². The van der Waals surface area contributed by atoms with E-state index in [0.717, 1.165) is 30.7 Å². The highest BCUT2D eigenvalue weighted by Crippen LogP contribution is 2.34. The number of nitrogens with zero attached hydrogens (tertiary/aromatic N) is 4. The van der Waals surface area contributed by atoms with Crippen LogP contribution in [0.4, 0.5) is 17.3 Å². The van der Waals surface area contributed by atoms with Crippen LogP contribution in [0.3, 0.4) is 0 Å². The van der Waals surface area contributed by atoms with E-state index in [1.165, 1.54) is 43.3 Å². The molecule has 0 bridgehead atoms. The number of aromatic nitrogens is 2. The molecule has 4 rings (SSSR count). The summed E-state index contributed by atoms with van der Waals surface area (Å²) in [5, 5.41) is 12.4. The molecule has 0 saturated carbocycles. The number of aliphatic hydroxyl groups is 1. The molecule has 2 aliphatic heterocycles. The van der Waals surface area contributed by atoms with Crippen molar-refractivity contribution >= 4 is 35.0 Å². The lowest BCUT2D eigenvalue weighted by Gasteiger charge is -2.30. The minimum atomic E-state index is -0.112. The molecule has 4 N–H and O–H groups in total. The molecule has 0 atom stereocenters. The van der Waals surface area contributed by atoms with Crippen molar-refractivity contribution in [3.05, 3.63) is 35.4 Å². The number of rotatable bonds is 9. The van der Waals surface area contributed by atoms with Gasteiger partial charge < -0.3 is 21.1 Å². The number of carbonyl (C=O) groups is 1. The monoisotopic (exact) mass is 442 g/mol. The summed E-state index contributed by atoms with van der Waals surface area (Å²) in [5.41, 5.74) is 9.08. The summed E-state index contributed by atoms with van der Waals surface area (Å²) >= 11 is 1.52. The Balaban J connectivity index is 1.51. The lowest BCUT2D eigenvalue weighted by atomic mass is 10.1. The average molecular weight is 443 g/mol. The number of anilines is 3. The number of nitrogen functional groups attached to an aromatic ring is 1. The molecule has 1 aromatic heterocycles. The summed E-state index contributed by atoms with van der Waals surface area (Å²) in [4.78, 5) is 25.8. The summed E-state index contributed by atoms with van der Waals surface area (Å²) in [5.74, 6) is 1.65. The van der Waals surface area contributed by atoms with Gasteiger partial charge in [0.25, 0.3) is 0 Å². The predicted octanol–water partition coefficient (Wildman–Crippen LogP) is 2.48. The van der Waals surface area contributed by atoms with Gasteiger partial charge in [-0.2, -0.15) is 0 Å². The maximum absolute atomic E-state index is 12.3. The van der Waals surface area contributed by atoms with Crippen LogP contribution >= 0.6 is 11.8 Å². The number of benzene rings is 1. The number of nitrogens with one attached hydrogen (secondary N) is 1. The SMILES string of the molecule is Nc1nc(SCCCCO)nc2c1NC(=O)CN2Cc1cccc(CN2CCCC2)c1. The van der Waals surface area contributed by atoms with Gasteiger partial charge in [0.1, 0.15) is 5.69 Å². The minimum absolute atomic E-state index is 0.112. The maximum Gasteiger partial charge on any atom is 0.244 e. The highest BCUT2D eigenvalue weighted by molar-refractivity contribution is 7.99. The zero-order valence-corrected chi connectivity index (χ0v) is 18.5. The number of amides is 1. The van der Waals surface area contributed by atoms with E-state index >= 15 is 0 Å². The van der Waals surface area contributed by atoms with E-state index in [2.05, 4.69) is 39.5 Å². The summed E-state index contributed by atoms with van der Waals surface area (Å²) in [6.07, 6.45) is 4.19. The number of hydrogen-bond donors (Lipinski definition) is 3. The molecule has 2 aromatic rings. The van der Waals surface area contributed by atoms with Crippen molar-refractivity contribution in [1.82, 2.24) is 14.9 Å². The highest BCUT2D eigenvalue weighted by Gasteiger charge is 2.27. The molecule has 1 aromatic carbocycles. The topological polar surface area (TPSA) is 108 Å². The first-order valence-corrected chi connectivity index (χ1v) is 11.9. The fourth-order valence-corrected chi connectivity index (χ4v) is 4.88. The van der Waals surface area contributed by atoms with Gasteiger partial charge in [-0.3, -0.25) is 9.69 Å². The van der Waals surface area contributed by atoms with Crippen molar-refractivity contribution in [2.45, 2.75) is 43.9 Å². The molecule has 31 heavy (non-hydrogen) atoms. The maximum atomic E-state index is 12.3. The quantitative estimate of drug-likeness (QED) is 0.309. The molecule has 1 fully saturated rings. The van der Waals surface area contributed by atoms with Gasteiger partial charge in [-0.1, -0.05) is 36.0 Å². The second-order valence-electron chi connectivity index (χ2n) is 8.08. The molecule has 9 heteroatoms. The fourth-order valence-electron chi connectivity index (χ4n) is 4.04. The molecule has 1 saturated heterocycles. The van der Waals surface area contributed by atoms with Crippen LogP contribution < -0.4 is 16.0 Å². The lowest BCUT2D eigenvalue weighted by Crippen LogP contribution is -2.39. The van der Waals surface area contributed by atoms with E-state index in [1.54, 1.807) is 0 Å². The smallest absolute Gasteiger partial charge is 0.244 e. The molecule has 1 amide bonds. The molecule has 0 radical (unpaired) electrons. The number of likely N-dealkylation sites (tertiary alicyclic amines) is 1. The largest absolute Gasteiger partial charge is 0.396 e. The molecule has 0 aliphatic carbocycles. The number of carbonyl (C=O) groups excluding carboxylic acids is 1. The van der Waals surface area contributed by atoms with Crippen LogP contribution in [-0.4, -0.2) is 57.9 Å². The standard InChI is InChI=1S/C22H30N6O2S/c23-20-19-21(26-22(25-20)31-11-4-3-10-29)28(15-18(30)24-19)14-17-7-5-6-16(12-17)13-27-8-1-2-9-27/h5-7,12,29H,1-4,8-11,13-15H2,(H,24,30)(H2,23,25,26). The van der Waals surface area contributed by atoms with Gasteiger partial charge in [-0.25, -0.2) is 9.97 Å². The van der Waals surface area contributed by atoms with Gasteiger partial charge in [-0.05, 0) is 49.9 Å². The molecule has 3 heterocycles. The zero-order chi connectivity index (χ0) is 21.6. The highest BCUT2D eigenvalue weighted by atomic mass is 32.2. The van der Waals surface area contributed by atoms with Crippen molar-refractivity contribution < 1.29 is 9.90 Å². The van der Waals surface area contributed by atoms with Crippen LogP contribution in [0.25, 0.3) is 0 Å². The lowest BCUT2D eigenvalue weighted by molar-refractivity contribution is -0.115. The Kier molecular flexibility index (Phi) is 7.26. The van der Waals surface area contributed by atoms with E-state index in [-0.39, 0.29) is 24.9 Å². The van der Waals surface area contributed by atoms with Crippen LogP contribution in [0.2, 0.25) is 0 Å². The van der Waals surface area contributed by atoms with Crippen LogP contribution in [0, 0.1) is 0 Å². The van der Waals surface area contributed by atoms with Gasteiger partial charge in [0.2, 0.25) is 5.91 Å². The Bertz CT molecular complexity index is 919. The van der Waals surface area contributed by atoms with Gasteiger partial charge in [0.05, 0.1) is 6.54 Å². The number of thioether (sulfide) groups is 1. The van der Waals surface area contributed by atoms with Crippen LogP contribution in [0.15, 0.2) is 29.4 Å². The van der Waals surface area contributed by atoms with Gasteiger partial charge in [-0.15, -0.1) is 0 Å². The Hall–Kier alpha value is -2.36. The molecule has 166 valence electrons. The Morgan fingerprint density at radius 2 is 1.90 bits per heavy atom. The first-order valence-electron chi connectivity index (χ1n) is 10.9. The molecule has 0 spiro atoms.